The molecule has 0 aromatic carbocycles. The number of fused-ring (bicyclic) bond motifs is 7. The third-order valence-corrected chi connectivity index (χ3v) is 12.3. The van der Waals surface area contributed by atoms with Crippen LogP contribution in [0, 0.1) is 79.3 Å². The van der Waals surface area contributed by atoms with E-state index in [2.05, 4.69) is 46.8 Å². The minimum atomic E-state index is -0.362. The Hall–Kier alpha value is -1.94. The van der Waals surface area contributed by atoms with Crippen LogP contribution >= 0.6 is 0 Å². The number of carbonyl (C=O) groups is 2. The second kappa shape index (κ2) is 7.06. The fourth-order valence-electron chi connectivity index (χ4n) is 10.1. The third-order valence-electron chi connectivity index (χ3n) is 12.3. The highest BCUT2D eigenvalue weighted by atomic mass is 16.1. The SMILES string of the molecule is C[C@@H]1C(=O)C(C#N)=C[C@]2(C)[C@H]3CC(=O)C4C5CC(C)(C)CC[C@]5(C#N)CC[C@@]4(C)[C@]3(C)CC[C@@H]12. The summed E-state index contributed by atoms with van der Waals surface area (Å²) in [5, 5.41) is 20.1. The van der Waals surface area contributed by atoms with Gasteiger partial charge in [-0.05, 0) is 84.4 Å². The first-order chi connectivity index (χ1) is 15.8. The highest BCUT2D eigenvalue weighted by molar-refractivity contribution is 6.01. The molecule has 9 atom stereocenters. The Morgan fingerprint density at radius 1 is 0.912 bits per heavy atom. The van der Waals surface area contributed by atoms with Gasteiger partial charge >= 0.3 is 0 Å². The van der Waals surface area contributed by atoms with Crippen LogP contribution < -0.4 is 0 Å². The molecule has 34 heavy (non-hydrogen) atoms. The standard InChI is InChI=1S/C30H40N2O2/c1-18-20-7-8-28(5)23(27(20,4)14-19(16-31)25(18)34)13-22(33)24-21-15-26(2,3)9-11-30(21,17-32)12-10-29(24,28)6/h14,18,20-21,23-24H,7-13,15H2,1-6H3/t18-,20-,21?,23+,24?,27-,28+,29+,30+/m0/s1. The fourth-order valence-corrected chi connectivity index (χ4v) is 10.1. The molecule has 0 saturated heterocycles. The zero-order chi connectivity index (χ0) is 24.9. The summed E-state index contributed by atoms with van der Waals surface area (Å²) in [4.78, 5) is 27.1. The average molecular weight is 461 g/mol. The van der Waals surface area contributed by atoms with Gasteiger partial charge in [-0.25, -0.2) is 0 Å². The monoisotopic (exact) mass is 460 g/mol. The van der Waals surface area contributed by atoms with E-state index in [9.17, 15) is 20.1 Å². The lowest BCUT2D eigenvalue weighted by Gasteiger charge is -2.70. The van der Waals surface area contributed by atoms with Crippen LogP contribution in [0.15, 0.2) is 11.6 Å². The maximum atomic E-state index is 14.2. The first-order valence-electron chi connectivity index (χ1n) is 13.4. The molecule has 5 aliphatic carbocycles. The van der Waals surface area contributed by atoms with Gasteiger partial charge in [-0.3, -0.25) is 9.59 Å². The predicted molar refractivity (Wildman–Crippen MR) is 130 cm³/mol. The Balaban J connectivity index is 1.63. The van der Waals surface area contributed by atoms with E-state index in [1.807, 2.05) is 13.0 Å². The summed E-state index contributed by atoms with van der Waals surface area (Å²) >= 11 is 0. The molecule has 0 N–H and O–H groups in total. The Labute approximate surface area is 205 Å². The van der Waals surface area contributed by atoms with Gasteiger partial charge in [-0.15, -0.1) is 0 Å². The second-order valence-corrected chi connectivity index (χ2v) is 14.1. The van der Waals surface area contributed by atoms with Crippen LogP contribution in [0.5, 0.6) is 0 Å². The van der Waals surface area contributed by atoms with Gasteiger partial charge in [0.15, 0.2) is 5.78 Å². The van der Waals surface area contributed by atoms with Crippen molar-refractivity contribution in [1.82, 2.24) is 0 Å². The van der Waals surface area contributed by atoms with Crippen LogP contribution in [0.25, 0.3) is 0 Å². The van der Waals surface area contributed by atoms with Crippen LogP contribution in [0.4, 0.5) is 0 Å². The summed E-state index contributed by atoms with van der Waals surface area (Å²) in [7, 11) is 0. The number of rotatable bonds is 0. The van der Waals surface area contributed by atoms with Crippen molar-refractivity contribution in [3.8, 4) is 12.1 Å². The molecule has 0 aliphatic heterocycles. The second-order valence-electron chi connectivity index (χ2n) is 14.1. The summed E-state index contributed by atoms with van der Waals surface area (Å²) in [5.41, 5.74) is -0.461. The number of nitrogens with zero attached hydrogens (tertiary/aromatic N) is 2. The number of hydrogen-bond donors (Lipinski definition) is 0. The van der Waals surface area contributed by atoms with Gasteiger partial charge in [0.2, 0.25) is 0 Å². The lowest BCUT2D eigenvalue weighted by molar-refractivity contribution is -0.212. The molecule has 0 radical (unpaired) electrons. The minimum Gasteiger partial charge on any atom is -0.299 e. The zero-order valence-corrected chi connectivity index (χ0v) is 21.8. The number of allylic oxidation sites excluding steroid dienone is 2. The Kier molecular flexibility index (Phi) is 4.94. The Morgan fingerprint density at radius 3 is 2.24 bits per heavy atom. The van der Waals surface area contributed by atoms with Gasteiger partial charge in [0, 0.05) is 18.3 Å². The van der Waals surface area contributed by atoms with E-state index in [1.165, 1.54) is 0 Å². The fraction of sp³-hybridized carbons (Fsp3) is 0.800. The Morgan fingerprint density at radius 2 is 1.59 bits per heavy atom. The molecule has 182 valence electrons. The van der Waals surface area contributed by atoms with Crippen molar-refractivity contribution >= 4 is 11.6 Å². The molecule has 0 heterocycles. The first kappa shape index (κ1) is 23.8. The topological polar surface area (TPSA) is 81.7 Å². The molecule has 0 aromatic rings. The van der Waals surface area contributed by atoms with E-state index in [4.69, 9.17) is 0 Å². The van der Waals surface area contributed by atoms with Crippen LogP contribution in [0.3, 0.4) is 0 Å². The molecule has 4 saturated carbocycles. The molecular formula is C30H40N2O2. The maximum Gasteiger partial charge on any atom is 0.176 e. The quantitative estimate of drug-likeness (QED) is 0.418. The molecule has 0 spiro atoms. The predicted octanol–water partition coefficient (Wildman–Crippen LogP) is 6.42. The van der Waals surface area contributed by atoms with Crippen LogP contribution in [0.1, 0.15) is 92.9 Å². The molecule has 4 heteroatoms. The highest BCUT2D eigenvalue weighted by Gasteiger charge is 2.71. The summed E-state index contributed by atoms with van der Waals surface area (Å²) in [6, 6.07) is 4.93. The van der Waals surface area contributed by atoms with Gasteiger partial charge in [-0.1, -0.05) is 47.6 Å². The summed E-state index contributed by atoms with van der Waals surface area (Å²) in [6.45, 7) is 13.6. The van der Waals surface area contributed by atoms with Crippen molar-refractivity contribution in [2.75, 3.05) is 0 Å². The van der Waals surface area contributed by atoms with Crippen molar-refractivity contribution in [3.05, 3.63) is 11.6 Å². The largest absolute Gasteiger partial charge is 0.299 e. The number of carbonyl (C=O) groups excluding carboxylic acids is 2. The molecule has 0 amide bonds. The van der Waals surface area contributed by atoms with E-state index < -0.39 is 0 Å². The number of nitriles is 2. The minimum absolute atomic E-state index is 0.0271. The number of ketones is 2. The normalized spacial score (nSPS) is 51.5. The summed E-state index contributed by atoms with van der Waals surface area (Å²) in [5.74, 6) is 0.505. The molecule has 0 bridgehead atoms. The molecule has 4 fully saturated rings. The van der Waals surface area contributed by atoms with Crippen molar-refractivity contribution < 1.29 is 9.59 Å². The van der Waals surface area contributed by atoms with E-state index in [0.29, 0.717) is 12.2 Å². The number of hydrogen-bond acceptors (Lipinski definition) is 4. The first-order valence-corrected chi connectivity index (χ1v) is 13.4. The molecule has 0 aromatic heterocycles. The van der Waals surface area contributed by atoms with Crippen molar-refractivity contribution in [2.45, 2.75) is 92.9 Å². The van der Waals surface area contributed by atoms with E-state index in [1.54, 1.807) is 0 Å². The van der Waals surface area contributed by atoms with Gasteiger partial charge < -0.3 is 0 Å². The van der Waals surface area contributed by atoms with Gasteiger partial charge in [-0.2, -0.15) is 10.5 Å². The molecule has 5 rings (SSSR count). The average Bonchev–Trinajstić information content (AvgIpc) is 2.77. The third kappa shape index (κ3) is 2.75. The van der Waals surface area contributed by atoms with E-state index in [0.717, 1.165) is 44.9 Å². The smallest absolute Gasteiger partial charge is 0.176 e. The summed E-state index contributed by atoms with van der Waals surface area (Å²) < 4.78 is 0. The molecule has 4 nitrogen and oxygen atoms in total. The maximum absolute atomic E-state index is 14.2. The van der Waals surface area contributed by atoms with Crippen molar-refractivity contribution in [1.29, 1.82) is 10.5 Å². The van der Waals surface area contributed by atoms with Crippen molar-refractivity contribution in [3.63, 3.8) is 0 Å². The molecular weight excluding hydrogens is 420 g/mol. The van der Waals surface area contributed by atoms with Gasteiger partial charge in [0.1, 0.15) is 11.9 Å². The van der Waals surface area contributed by atoms with Crippen LogP contribution in [-0.2, 0) is 9.59 Å². The zero-order valence-electron chi connectivity index (χ0n) is 21.8. The Bertz CT molecular complexity index is 1070. The summed E-state index contributed by atoms with van der Waals surface area (Å²) in [6.07, 6.45) is 9.19. The lowest BCUT2D eigenvalue weighted by Crippen LogP contribution is -2.67. The van der Waals surface area contributed by atoms with E-state index in [-0.39, 0.29) is 68.0 Å². The lowest BCUT2D eigenvalue weighted by atomic mass is 9.32. The van der Waals surface area contributed by atoms with Crippen LogP contribution in [0.2, 0.25) is 0 Å². The highest BCUT2D eigenvalue weighted by Crippen LogP contribution is 2.75. The van der Waals surface area contributed by atoms with Gasteiger partial charge in [0.05, 0.1) is 17.1 Å². The van der Waals surface area contributed by atoms with Crippen LogP contribution in [-0.4, -0.2) is 11.6 Å². The van der Waals surface area contributed by atoms with Crippen molar-refractivity contribution in [2.24, 2.45) is 56.7 Å². The number of Topliss-reactive ketones (excluding diaryl/α,β-unsaturated/α-hetero) is 2. The van der Waals surface area contributed by atoms with E-state index >= 15 is 0 Å². The molecule has 5 aliphatic rings. The van der Waals surface area contributed by atoms with Gasteiger partial charge in [0.25, 0.3) is 0 Å². The molecule has 2 unspecified atom stereocenters.